The minimum absolute atomic E-state index is 0.170. The van der Waals surface area contributed by atoms with Gasteiger partial charge in [0.2, 0.25) is 0 Å². The van der Waals surface area contributed by atoms with Crippen LogP contribution < -0.4 is 0 Å². The SMILES string of the molecule is CSc1ccc(N=Cc2cc(Cl)ccc2O)cc1. The molecule has 0 spiro atoms. The first-order valence-corrected chi connectivity index (χ1v) is 6.96. The average molecular weight is 278 g/mol. The molecule has 2 aromatic rings. The molecule has 0 heterocycles. The maximum atomic E-state index is 9.64. The number of thioether (sulfide) groups is 1. The van der Waals surface area contributed by atoms with Crippen LogP contribution in [0.4, 0.5) is 5.69 Å². The van der Waals surface area contributed by atoms with Crippen molar-refractivity contribution in [3.8, 4) is 5.75 Å². The lowest BCUT2D eigenvalue weighted by Gasteiger charge is -2.00. The van der Waals surface area contributed by atoms with Crippen molar-refractivity contribution in [1.82, 2.24) is 0 Å². The molecular weight excluding hydrogens is 266 g/mol. The lowest BCUT2D eigenvalue weighted by molar-refractivity contribution is 0.474. The summed E-state index contributed by atoms with van der Waals surface area (Å²) in [5.74, 6) is 0.170. The Morgan fingerprint density at radius 3 is 2.56 bits per heavy atom. The third-order valence-electron chi connectivity index (χ3n) is 2.41. The van der Waals surface area contributed by atoms with Crippen LogP contribution in [-0.2, 0) is 0 Å². The van der Waals surface area contributed by atoms with E-state index in [0.717, 1.165) is 5.69 Å². The van der Waals surface area contributed by atoms with Gasteiger partial charge < -0.3 is 5.11 Å². The molecule has 4 heteroatoms. The summed E-state index contributed by atoms with van der Waals surface area (Å²) in [6, 6.07) is 12.8. The van der Waals surface area contributed by atoms with Gasteiger partial charge in [-0.2, -0.15) is 0 Å². The van der Waals surface area contributed by atoms with E-state index in [2.05, 4.69) is 4.99 Å². The van der Waals surface area contributed by atoms with E-state index in [1.54, 1.807) is 36.2 Å². The maximum absolute atomic E-state index is 9.64. The highest BCUT2D eigenvalue weighted by molar-refractivity contribution is 7.98. The Hall–Kier alpha value is -1.45. The number of nitrogens with zero attached hydrogens (tertiary/aromatic N) is 1. The van der Waals surface area contributed by atoms with Gasteiger partial charge in [-0.25, -0.2) is 0 Å². The third kappa shape index (κ3) is 3.28. The van der Waals surface area contributed by atoms with E-state index < -0.39 is 0 Å². The van der Waals surface area contributed by atoms with E-state index >= 15 is 0 Å². The zero-order chi connectivity index (χ0) is 13.0. The van der Waals surface area contributed by atoms with E-state index in [9.17, 15) is 5.11 Å². The largest absolute Gasteiger partial charge is 0.507 e. The lowest BCUT2D eigenvalue weighted by Crippen LogP contribution is -1.82. The summed E-state index contributed by atoms with van der Waals surface area (Å²) in [6.45, 7) is 0. The Kier molecular flexibility index (Phi) is 4.28. The van der Waals surface area contributed by atoms with Crippen LogP contribution in [0.15, 0.2) is 52.4 Å². The van der Waals surface area contributed by atoms with E-state index in [-0.39, 0.29) is 5.75 Å². The Balaban J connectivity index is 2.21. The molecule has 0 radical (unpaired) electrons. The van der Waals surface area contributed by atoms with Crippen molar-refractivity contribution in [1.29, 1.82) is 0 Å². The monoisotopic (exact) mass is 277 g/mol. The van der Waals surface area contributed by atoms with Crippen molar-refractivity contribution in [2.75, 3.05) is 6.26 Å². The number of rotatable bonds is 3. The van der Waals surface area contributed by atoms with Crippen LogP contribution in [0.1, 0.15) is 5.56 Å². The van der Waals surface area contributed by atoms with Gasteiger partial charge in [0.1, 0.15) is 5.75 Å². The normalized spacial score (nSPS) is 11.0. The molecule has 1 N–H and O–H groups in total. The third-order valence-corrected chi connectivity index (χ3v) is 3.39. The van der Waals surface area contributed by atoms with Crippen LogP contribution >= 0.6 is 23.4 Å². The summed E-state index contributed by atoms with van der Waals surface area (Å²) in [5.41, 5.74) is 1.45. The fourth-order valence-corrected chi connectivity index (χ4v) is 2.03. The van der Waals surface area contributed by atoms with Crippen molar-refractivity contribution in [3.63, 3.8) is 0 Å². The van der Waals surface area contributed by atoms with Gasteiger partial charge in [-0.15, -0.1) is 11.8 Å². The van der Waals surface area contributed by atoms with Crippen LogP contribution in [0.2, 0.25) is 5.02 Å². The van der Waals surface area contributed by atoms with Crippen LogP contribution in [0, 0.1) is 0 Å². The van der Waals surface area contributed by atoms with Gasteiger partial charge in [-0.1, -0.05) is 11.6 Å². The van der Waals surface area contributed by atoms with Gasteiger partial charge in [-0.05, 0) is 48.7 Å². The second-order valence-corrected chi connectivity index (χ2v) is 4.98. The minimum Gasteiger partial charge on any atom is -0.507 e. The summed E-state index contributed by atoms with van der Waals surface area (Å²) in [6.07, 6.45) is 3.64. The molecule has 0 saturated heterocycles. The molecule has 0 aliphatic heterocycles. The van der Waals surface area contributed by atoms with Gasteiger partial charge >= 0.3 is 0 Å². The number of hydrogen-bond donors (Lipinski definition) is 1. The number of phenols is 1. The molecule has 18 heavy (non-hydrogen) atoms. The summed E-state index contributed by atoms with van der Waals surface area (Å²) < 4.78 is 0. The highest BCUT2D eigenvalue weighted by atomic mass is 35.5. The van der Waals surface area contributed by atoms with Gasteiger partial charge in [0, 0.05) is 21.7 Å². The summed E-state index contributed by atoms with van der Waals surface area (Å²) >= 11 is 7.55. The standard InChI is InChI=1S/C14H12ClNOS/c1-18-13-5-3-12(4-6-13)16-9-10-8-11(15)2-7-14(10)17/h2-9,17H,1H3. The quantitative estimate of drug-likeness (QED) is 0.661. The van der Waals surface area contributed by atoms with Crippen LogP contribution in [0.5, 0.6) is 5.75 Å². The van der Waals surface area contributed by atoms with Crippen molar-refractivity contribution >= 4 is 35.3 Å². The first-order chi connectivity index (χ1) is 8.69. The Bertz CT molecular complexity index is 567. The molecule has 0 unspecified atom stereocenters. The van der Waals surface area contributed by atoms with Crippen molar-refractivity contribution in [2.45, 2.75) is 4.90 Å². The predicted molar refractivity (Wildman–Crippen MR) is 78.6 cm³/mol. The Labute approximate surface area is 115 Å². The van der Waals surface area contributed by atoms with Gasteiger partial charge in [0.15, 0.2) is 0 Å². The van der Waals surface area contributed by atoms with E-state index in [1.165, 1.54) is 4.90 Å². The Morgan fingerprint density at radius 1 is 1.17 bits per heavy atom. The zero-order valence-electron chi connectivity index (χ0n) is 9.80. The number of benzene rings is 2. The number of aliphatic imine (C=N–C) groups is 1. The molecule has 0 saturated carbocycles. The van der Waals surface area contributed by atoms with E-state index in [4.69, 9.17) is 11.6 Å². The van der Waals surface area contributed by atoms with Crippen LogP contribution in [-0.4, -0.2) is 17.6 Å². The Morgan fingerprint density at radius 2 is 1.89 bits per heavy atom. The molecule has 0 atom stereocenters. The molecule has 0 aliphatic carbocycles. The molecule has 0 aliphatic rings. The van der Waals surface area contributed by atoms with Crippen molar-refractivity contribution < 1.29 is 5.11 Å². The smallest absolute Gasteiger partial charge is 0.124 e. The highest BCUT2D eigenvalue weighted by Gasteiger charge is 1.99. The molecule has 92 valence electrons. The number of halogens is 1. The van der Waals surface area contributed by atoms with Gasteiger partial charge in [0.25, 0.3) is 0 Å². The fraction of sp³-hybridized carbons (Fsp3) is 0.0714. The van der Waals surface area contributed by atoms with Crippen molar-refractivity contribution in [2.24, 2.45) is 4.99 Å². The second kappa shape index (κ2) is 5.94. The highest BCUT2D eigenvalue weighted by Crippen LogP contribution is 2.22. The minimum atomic E-state index is 0.170. The second-order valence-electron chi connectivity index (χ2n) is 3.66. The van der Waals surface area contributed by atoms with E-state index in [1.807, 2.05) is 30.5 Å². The zero-order valence-corrected chi connectivity index (χ0v) is 11.4. The molecule has 0 fully saturated rings. The molecular formula is C14H12ClNOS. The number of aromatic hydroxyl groups is 1. The van der Waals surface area contributed by atoms with Gasteiger partial charge in [0.05, 0.1) is 5.69 Å². The predicted octanol–water partition coefficient (Wildman–Crippen LogP) is 4.52. The average Bonchev–Trinajstić information content (AvgIpc) is 2.40. The van der Waals surface area contributed by atoms with Crippen LogP contribution in [0.25, 0.3) is 0 Å². The molecule has 2 rings (SSSR count). The van der Waals surface area contributed by atoms with Crippen LogP contribution in [0.3, 0.4) is 0 Å². The molecule has 0 amide bonds. The summed E-state index contributed by atoms with van der Waals surface area (Å²) in [7, 11) is 0. The number of phenolic OH excluding ortho intramolecular Hbond substituents is 1. The maximum Gasteiger partial charge on any atom is 0.124 e. The molecule has 2 nitrogen and oxygen atoms in total. The lowest BCUT2D eigenvalue weighted by atomic mass is 10.2. The summed E-state index contributed by atoms with van der Waals surface area (Å²) in [5, 5.41) is 10.2. The summed E-state index contributed by atoms with van der Waals surface area (Å²) in [4.78, 5) is 5.49. The number of hydrogen-bond acceptors (Lipinski definition) is 3. The van der Waals surface area contributed by atoms with E-state index in [0.29, 0.717) is 10.6 Å². The first-order valence-electron chi connectivity index (χ1n) is 5.35. The van der Waals surface area contributed by atoms with Crippen molar-refractivity contribution in [3.05, 3.63) is 53.1 Å². The molecule has 0 bridgehead atoms. The fourth-order valence-electron chi connectivity index (χ4n) is 1.44. The topological polar surface area (TPSA) is 32.6 Å². The molecule has 0 aromatic heterocycles. The van der Waals surface area contributed by atoms with Gasteiger partial charge in [-0.3, -0.25) is 4.99 Å². The first kappa shape index (κ1) is 13.0. The molecule has 2 aromatic carbocycles.